The second-order valence-corrected chi connectivity index (χ2v) is 8.91. The molecular weight excluding hydrogens is 788 g/mol. The Labute approximate surface area is 433 Å². The summed E-state index contributed by atoms with van der Waals surface area (Å²) in [5.74, 6) is 25.0. The molecule has 16 N–H and O–H groups in total. The Morgan fingerprint density at radius 2 is 1.02 bits per heavy atom. The average Bonchev–Trinajstić information content (AvgIpc) is 0.819. The van der Waals surface area contributed by atoms with Crippen LogP contribution >= 0.6 is 0 Å². The van der Waals surface area contributed by atoms with E-state index in [4.69, 9.17) is 152 Å². The Balaban J connectivity index is -0.0000000162. The Morgan fingerprint density at radius 1 is 0.571 bits per heavy atom. The molecule has 0 saturated heterocycles. The summed E-state index contributed by atoms with van der Waals surface area (Å²) in [7, 11) is 0. The molecule has 56 heavy (non-hydrogen) atoms. The molecule has 16 nitrogen and oxygen atoms in total. The van der Waals surface area contributed by atoms with Gasteiger partial charge in [0.2, 0.25) is 0 Å². The van der Waals surface area contributed by atoms with E-state index < -0.39 is 64.2 Å². The van der Waals surface area contributed by atoms with Crippen LogP contribution in [-0.2, 0) is 24.7 Å². The highest BCUT2D eigenvalue weighted by Crippen LogP contribution is 2.32. The molecule has 0 aliphatic carbocycles. The van der Waals surface area contributed by atoms with Gasteiger partial charge >= 0.3 is 24.7 Å². The quantitative estimate of drug-likeness (QED) is 0.0304. The number of rotatable bonds is 2. The zero-order valence-corrected chi connectivity index (χ0v) is 27.7. The highest BCUT2D eigenvalue weighted by atomic mass is 19.4. The van der Waals surface area contributed by atoms with Crippen molar-refractivity contribution in [2.24, 2.45) is 56.7 Å². The molecular formula is C28H112F12N16. The van der Waals surface area contributed by atoms with Gasteiger partial charge in [-0.15, -0.1) is 0 Å². The Kier molecular flexibility index (Phi) is 6.35. The Morgan fingerprint density at radius 3 is 1.36 bits per heavy atom. The molecule has 0 fully saturated rings. The van der Waals surface area contributed by atoms with Gasteiger partial charge in [-0.05, 0) is 48.5 Å². The minimum absolute atomic E-state index is 0. The third-order valence-electron chi connectivity index (χ3n) is 5.41. The summed E-state index contributed by atoms with van der Waals surface area (Å²) in [4.78, 5) is 13.5. The van der Waals surface area contributed by atoms with Crippen LogP contribution in [0.5, 0.6) is 0 Å². The van der Waals surface area contributed by atoms with Crippen molar-refractivity contribution in [1.29, 1.82) is 10.5 Å². The number of hydrogen-bond donors (Lipinski definition) is 8. The second kappa shape index (κ2) is 23.7. The van der Waals surface area contributed by atoms with Crippen molar-refractivity contribution in [3.63, 3.8) is 0 Å². The second-order valence-electron chi connectivity index (χ2n) is 8.91. The van der Waals surface area contributed by atoms with Crippen LogP contribution in [-0.4, -0.2) is 31.6 Å². The van der Waals surface area contributed by atoms with E-state index in [0.717, 1.165) is 54.7 Å². The number of hydrazone groups is 2. The number of halogens is 12. The predicted molar refractivity (Wildman–Crippen MR) is 262 cm³/mol. The standard InChI is InChI=1S/2C7H7F3N4.2C7H3F3N2.2H4N2.42H2/c8-7(9,10)4-1-2-5(13-3-4)6(11)14-12;8-7(9,10)4-2-1-3-13-5(4)6(11)14-12;8-7(9,10)5-1-2-6(3-11)12-4-5;8-7(9,10)5-2-1-3-12-6(5)4-11;2*1-2;;;;;;;;;;;;;;;;;;;;;;;;;;;;;;;;;;;;;;;;;;/h2*1-3H,12H2,(H2,11,14);1-2,4H;1-3H;2*1-2H2;42*1H/i;;;;;;40*1+2T;2*1+2. The maximum Gasteiger partial charge on any atom is 0.419 e. The van der Waals surface area contributed by atoms with E-state index in [2.05, 4.69) is 53.5 Å². The molecule has 28 heteroatoms. The number of nitrogens with two attached hydrogens (primary N) is 8. The first-order chi connectivity index (χ1) is 66.0. The highest BCUT2D eigenvalue weighted by Gasteiger charge is 2.35. The fourth-order valence-electron chi connectivity index (χ4n) is 3.03. The van der Waals surface area contributed by atoms with Gasteiger partial charge in [0.15, 0.2) is 17.4 Å². The minimum Gasteiger partial charge on any atom is -0.380 e. The number of hydrazine groups is 2. The summed E-state index contributed by atoms with van der Waals surface area (Å²) in [6, 6.07) is 10.8. The van der Waals surface area contributed by atoms with Crippen molar-refractivity contribution in [3.8, 4) is 12.1 Å². The normalized spacial score (nSPS) is 17.0. The minimum atomic E-state index is -4.51. The molecule has 0 aliphatic rings. The number of nitrogens with zero attached hydrogens (tertiary/aromatic N) is 8. The van der Waals surface area contributed by atoms with Gasteiger partial charge in [-0.2, -0.15) is 73.4 Å². The van der Waals surface area contributed by atoms with Crippen LogP contribution in [0.3, 0.4) is 0 Å². The van der Waals surface area contributed by atoms with Crippen LogP contribution in [0.1, 0.15) is 167 Å². The van der Waals surface area contributed by atoms with E-state index in [1.54, 1.807) is 6.07 Å². The predicted octanol–water partition coefficient (Wildman–Crippen LogP) is 13.3. The fraction of sp³-hybridized carbons (Fsp3) is 0.143. The van der Waals surface area contributed by atoms with Gasteiger partial charge in [0.05, 0.1) is 22.3 Å². The number of alkyl halides is 12. The van der Waals surface area contributed by atoms with Gasteiger partial charge in [0, 0.05) is 146 Å². The highest BCUT2D eigenvalue weighted by molar-refractivity contribution is 5.97. The summed E-state index contributed by atoms with van der Waals surface area (Å²) in [5, 5.41) is 22.6. The van der Waals surface area contributed by atoms with Crippen LogP contribution in [0.15, 0.2) is 83.5 Å². The number of hydrogen-bond acceptors (Lipinski definition) is 14. The molecule has 0 unspecified atom stereocenters. The van der Waals surface area contributed by atoms with E-state index in [-0.39, 0.29) is 20.1 Å². The topological polar surface area (TPSA) is 332 Å². The molecule has 0 spiro atoms. The molecule has 4 aromatic heterocycles. The molecule has 388 valence electrons. The molecule has 0 radical (unpaired) electrons. The first-order valence-electron chi connectivity index (χ1n) is 53.7. The summed E-state index contributed by atoms with van der Waals surface area (Å²) in [6.07, 6.45) is -14.2. The molecule has 4 heterocycles. The van der Waals surface area contributed by atoms with Crippen molar-refractivity contribution in [2.45, 2.75) is 24.7 Å². The molecule has 4 rings (SSSR count). The summed E-state index contributed by atoms with van der Waals surface area (Å²) in [5.41, 5.74) is 5.79. The fourth-order valence-corrected chi connectivity index (χ4v) is 3.03. The van der Waals surface area contributed by atoms with Crippen LogP contribution in [0.2, 0.25) is 0 Å². The number of aromatic nitrogens is 4. The number of pyridine rings is 4. The van der Waals surface area contributed by atoms with E-state index in [9.17, 15) is 52.7 Å². The lowest BCUT2D eigenvalue weighted by atomic mass is 10.2. The third-order valence-corrected chi connectivity index (χ3v) is 5.41. The molecule has 0 aliphatic heterocycles. The maximum absolute atomic E-state index is 12.4. The van der Waals surface area contributed by atoms with Crippen LogP contribution in [0.25, 0.3) is 0 Å². The van der Waals surface area contributed by atoms with Gasteiger partial charge in [-0.1, -0.05) is 0 Å². The zero-order valence-electron chi connectivity index (χ0n) is 108. The van der Waals surface area contributed by atoms with Gasteiger partial charge in [0.25, 0.3) is 0 Å². The summed E-state index contributed by atoms with van der Waals surface area (Å²) in [6.45, 7) is 0. The van der Waals surface area contributed by atoms with E-state index in [0.29, 0.717) is 12.4 Å². The van der Waals surface area contributed by atoms with Gasteiger partial charge < -0.3 is 23.2 Å². The van der Waals surface area contributed by atoms with Crippen LogP contribution < -0.4 is 46.5 Å². The molecule has 0 bridgehead atoms. The van der Waals surface area contributed by atoms with Crippen LogP contribution in [0.4, 0.5) is 52.7 Å². The molecule has 4 aromatic rings. The lowest BCUT2D eigenvalue weighted by Gasteiger charge is -2.09. The van der Waals surface area contributed by atoms with Crippen molar-refractivity contribution in [3.05, 3.63) is 118 Å². The van der Waals surface area contributed by atoms with Crippen molar-refractivity contribution >= 4 is 11.7 Å². The van der Waals surface area contributed by atoms with Gasteiger partial charge in [-0.3, -0.25) is 33.3 Å². The van der Waals surface area contributed by atoms with E-state index in [1.807, 2.05) is 0 Å². The monoisotopic (exact) mass is 1070 g/mol. The third kappa shape index (κ3) is 17.8. The van der Waals surface area contributed by atoms with Crippen molar-refractivity contribution in [1.82, 2.24) is 19.9 Å². The van der Waals surface area contributed by atoms with Gasteiger partial charge in [0.1, 0.15) is 29.2 Å². The lowest BCUT2D eigenvalue weighted by molar-refractivity contribution is -0.138. The van der Waals surface area contributed by atoms with Crippen molar-refractivity contribution < 1.29 is 174 Å². The first kappa shape index (κ1) is 15.0. The molecule has 0 saturated carbocycles. The average molecular weight is 1070 g/mol. The van der Waals surface area contributed by atoms with Gasteiger partial charge in [-0.25, -0.2) is 9.97 Å². The smallest absolute Gasteiger partial charge is 0.380 e. The Hall–Kier alpha value is -6.88. The zero-order chi connectivity index (χ0) is 124. The number of nitriles is 2. The molecule has 0 aromatic carbocycles. The molecule has 0 atom stereocenters. The van der Waals surface area contributed by atoms with E-state index in [1.165, 1.54) is 12.3 Å². The Bertz CT molecular complexity index is 2030. The van der Waals surface area contributed by atoms with Crippen LogP contribution in [0, 0.1) is 22.7 Å². The van der Waals surface area contributed by atoms with Crippen molar-refractivity contribution in [2.75, 3.05) is 0 Å². The largest absolute Gasteiger partial charge is 0.419 e. The SMILES string of the molecule is N#Cc1ccc(C(F)(F)F)cn1.N#Cc1ncccc1C(F)(F)F.N/N=C(\N)c1ccc(C(F)(F)F)cn1.N/N=C(\N)c1ncccc1C(F)(F)F.NN.NN.[3HH].[3HH].[3H][3H].[3H][3H].[3H][3H].[3H][3H].[3H][3H].[3H][3H].[3H][3H].[3H][3H].[3H][3H].[3H][3H].[3H][3H].[3H][3H].[3H][3H].[3H][3H].[3H][3H].[3H][3H].[3H][3H].[3H][3H].[3H][3H].[3H][3H].[3H][3H].[3H][3H].[3H][3H].[3H][3H].[3H][3H].[3H][3H].[3H][3H].[3H][3H].[3H][3H].[3H][3H].[3H][3H].[3H][3H].[3H][3H].[3H][3H].[3H][3H].[3H][3H].[3H][3H].[3H][3H].[3H][3H].[3H][3H]. The molecule has 0 amide bonds. The summed E-state index contributed by atoms with van der Waals surface area (Å²) < 4.78 is 545. The first-order valence-corrected chi connectivity index (χ1v) is 13.7. The lowest BCUT2D eigenvalue weighted by Crippen LogP contribution is -2.22. The number of amidine groups is 2. The summed E-state index contributed by atoms with van der Waals surface area (Å²) >= 11 is 0. The van der Waals surface area contributed by atoms with E-state index >= 15 is 0 Å². The maximum atomic E-state index is 12.4.